The summed E-state index contributed by atoms with van der Waals surface area (Å²) in [6.07, 6.45) is 0.307. The fourth-order valence-electron chi connectivity index (χ4n) is 2.57. The molecule has 5 nitrogen and oxygen atoms in total. The van der Waals surface area contributed by atoms with Crippen LogP contribution in [0.3, 0.4) is 0 Å². The van der Waals surface area contributed by atoms with E-state index in [0.29, 0.717) is 17.6 Å². The van der Waals surface area contributed by atoms with E-state index in [1.807, 2.05) is 6.92 Å². The van der Waals surface area contributed by atoms with Crippen LogP contribution >= 0.6 is 0 Å². The number of nitrogens with one attached hydrogen (secondary N) is 2. The molecule has 148 valence electrons. The van der Waals surface area contributed by atoms with Gasteiger partial charge in [-0.2, -0.15) is 13.2 Å². The first-order chi connectivity index (χ1) is 12.8. The number of nitrogens with zero attached hydrogens (tertiary/aromatic N) is 3. The molecule has 2 N–H and O–H groups in total. The first kappa shape index (κ1) is 19.8. The lowest BCUT2D eigenvalue weighted by Gasteiger charge is -2.13. The van der Waals surface area contributed by atoms with Crippen LogP contribution in [-0.4, -0.2) is 35.9 Å². The number of alkyl halides is 3. The van der Waals surface area contributed by atoms with Crippen molar-refractivity contribution in [1.29, 1.82) is 0 Å². The second-order valence-corrected chi connectivity index (χ2v) is 7.41. The number of hydrogen-bond acceptors (Lipinski definition) is 3. The van der Waals surface area contributed by atoms with E-state index in [-0.39, 0.29) is 11.9 Å². The molecule has 0 amide bonds. The molecule has 1 atom stereocenters. The van der Waals surface area contributed by atoms with Gasteiger partial charge in [-0.05, 0) is 70.0 Å². The van der Waals surface area contributed by atoms with Crippen molar-refractivity contribution in [1.82, 2.24) is 15.6 Å². The maximum atomic E-state index is 12.9. The molecular weight excluding hydrogens is 355 g/mol. The SMILES string of the molecule is C/C(=N\C(=N/C(C)NCC1CC1)NCC1CC1)c1cccc(C(F)(F)F)n1. The molecule has 3 rings (SSSR count). The fraction of sp³-hybridized carbons (Fsp3) is 0.632. The Bertz CT molecular complexity index is 706. The average Bonchev–Trinajstić information content (AvgIpc) is 3.52. The van der Waals surface area contributed by atoms with Gasteiger partial charge in [-0.15, -0.1) is 0 Å². The minimum atomic E-state index is -4.47. The summed E-state index contributed by atoms with van der Waals surface area (Å²) in [7, 11) is 0. The van der Waals surface area contributed by atoms with E-state index in [0.717, 1.165) is 25.1 Å². The molecule has 2 saturated carbocycles. The molecular formula is C19H26F3N5. The van der Waals surface area contributed by atoms with Gasteiger partial charge in [-0.25, -0.2) is 15.0 Å². The first-order valence-corrected chi connectivity index (χ1v) is 9.46. The summed E-state index contributed by atoms with van der Waals surface area (Å²) >= 11 is 0. The standard InChI is InChI=1S/C19H26F3N5/c1-12(16-4-3-5-17(27-16)19(20,21)22)25-18(24-11-15-8-9-15)26-13(2)23-10-14-6-7-14/h3-5,13-15,23H,6-11H2,1-2H3,(H,24,26)/b25-12+. The van der Waals surface area contributed by atoms with E-state index < -0.39 is 11.9 Å². The van der Waals surface area contributed by atoms with Gasteiger partial charge in [0.1, 0.15) is 11.9 Å². The van der Waals surface area contributed by atoms with Gasteiger partial charge < -0.3 is 5.32 Å². The summed E-state index contributed by atoms with van der Waals surface area (Å²) < 4.78 is 38.7. The highest BCUT2D eigenvalue weighted by Crippen LogP contribution is 2.29. The number of hydrogen-bond donors (Lipinski definition) is 2. The maximum Gasteiger partial charge on any atom is 0.433 e. The highest BCUT2D eigenvalue weighted by molar-refractivity contribution is 6.04. The summed E-state index contributed by atoms with van der Waals surface area (Å²) in [4.78, 5) is 12.7. The van der Waals surface area contributed by atoms with Gasteiger partial charge in [0, 0.05) is 6.54 Å². The topological polar surface area (TPSA) is 61.7 Å². The minimum absolute atomic E-state index is 0.113. The van der Waals surface area contributed by atoms with Crippen molar-refractivity contribution in [2.24, 2.45) is 21.8 Å². The van der Waals surface area contributed by atoms with Crippen molar-refractivity contribution in [3.63, 3.8) is 0 Å². The monoisotopic (exact) mass is 381 g/mol. The first-order valence-electron chi connectivity index (χ1n) is 9.46. The molecule has 1 heterocycles. The van der Waals surface area contributed by atoms with Crippen LogP contribution in [0.1, 0.15) is 50.9 Å². The molecule has 0 aliphatic heterocycles. The lowest BCUT2D eigenvalue weighted by Crippen LogP contribution is -2.32. The van der Waals surface area contributed by atoms with E-state index in [4.69, 9.17) is 0 Å². The van der Waals surface area contributed by atoms with Crippen molar-refractivity contribution in [2.45, 2.75) is 51.9 Å². The van der Waals surface area contributed by atoms with Gasteiger partial charge >= 0.3 is 6.18 Å². The largest absolute Gasteiger partial charge is 0.433 e. The van der Waals surface area contributed by atoms with Crippen LogP contribution < -0.4 is 10.6 Å². The van der Waals surface area contributed by atoms with Crippen LogP contribution in [-0.2, 0) is 6.18 Å². The van der Waals surface area contributed by atoms with Crippen molar-refractivity contribution >= 4 is 11.7 Å². The van der Waals surface area contributed by atoms with Crippen molar-refractivity contribution in [3.05, 3.63) is 29.6 Å². The Kier molecular flexibility index (Phi) is 6.14. The van der Waals surface area contributed by atoms with Crippen LogP contribution in [0, 0.1) is 11.8 Å². The molecule has 2 aliphatic rings. The van der Waals surface area contributed by atoms with Gasteiger partial charge in [0.15, 0.2) is 0 Å². The van der Waals surface area contributed by atoms with Crippen LogP contribution in [0.15, 0.2) is 28.2 Å². The molecule has 1 aromatic heterocycles. The highest BCUT2D eigenvalue weighted by atomic mass is 19.4. The lowest BCUT2D eigenvalue weighted by molar-refractivity contribution is -0.141. The van der Waals surface area contributed by atoms with E-state index >= 15 is 0 Å². The van der Waals surface area contributed by atoms with Gasteiger partial charge in [0.25, 0.3) is 0 Å². The van der Waals surface area contributed by atoms with Crippen molar-refractivity contribution in [3.8, 4) is 0 Å². The Balaban J connectivity index is 1.73. The van der Waals surface area contributed by atoms with E-state index in [2.05, 4.69) is 25.6 Å². The summed E-state index contributed by atoms with van der Waals surface area (Å²) in [5, 5.41) is 6.59. The van der Waals surface area contributed by atoms with Crippen LogP contribution in [0.25, 0.3) is 0 Å². The summed E-state index contributed by atoms with van der Waals surface area (Å²) in [6.45, 7) is 5.31. The average molecular weight is 381 g/mol. The predicted octanol–water partition coefficient (Wildman–Crippen LogP) is 3.61. The Hall–Kier alpha value is -1.96. The molecule has 27 heavy (non-hydrogen) atoms. The Morgan fingerprint density at radius 2 is 1.85 bits per heavy atom. The number of aromatic nitrogens is 1. The predicted molar refractivity (Wildman–Crippen MR) is 99.8 cm³/mol. The van der Waals surface area contributed by atoms with Crippen LogP contribution in [0.5, 0.6) is 0 Å². The number of pyridine rings is 1. The molecule has 8 heteroatoms. The summed E-state index contributed by atoms with van der Waals surface area (Å²) in [5.41, 5.74) is -0.319. The minimum Gasteiger partial charge on any atom is -0.354 e. The molecule has 2 aliphatic carbocycles. The quantitative estimate of drug-likeness (QED) is 0.560. The smallest absolute Gasteiger partial charge is 0.354 e. The molecule has 0 bridgehead atoms. The van der Waals surface area contributed by atoms with Crippen molar-refractivity contribution < 1.29 is 13.2 Å². The molecule has 0 radical (unpaired) electrons. The van der Waals surface area contributed by atoms with Gasteiger partial charge in [-0.1, -0.05) is 6.07 Å². The van der Waals surface area contributed by atoms with Gasteiger partial charge in [0.2, 0.25) is 5.96 Å². The zero-order valence-electron chi connectivity index (χ0n) is 15.7. The third-order valence-corrected chi connectivity index (χ3v) is 4.64. The maximum absolute atomic E-state index is 12.9. The van der Waals surface area contributed by atoms with E-state index in [1.165, 1.54) is 37.8 Å². The number of aliphatic imine (C=N–C) groups is 2. The zero-order chi connectivity index (χ0) is 19.4. The zero-order valence-corrected chi connectivity index (χ0v) is 15.7. The van der Waals surface area contributed by atoms with Crippen molar-refractivity contribution in [2.75, 3.05) is 13.1 Å². The summed E-state index contributed by atoms with van der Waals surface area (Å²) in [6, 6.07) is 3.83. The third kappa shape index (κ3) is 6.61. The number of halogens is 3. The van der Waals surface area contributed by atoms with E-state index in [9.17, 15) is 13.2 Å². The number of guanidine groups is 1. The van der Waals surface area contributed by atoms with Crippen LogP contribution in [0.2, 0.25) is 0 Å². The molecule has 1 unspecified atom stereocenters. The second-order valence-electron chi connectivity index (χ2n) is 7.41. The second kappa shape index (κ2) is 8.37. The lowest BCUT2D eigenvalue weighted by atomic mass is 10.2. The number of rotatable bonds is 7. The fourth-order valence-corrected chi connectivity index (χ4v) is 2.57. The van der Waals surface area contributed by atoms with Gasteiger partial charge in [0.05, 0.1) is 11.4 Å². The Morgan fingerprint density at radius 3 is 2.48 bits per heavy atom. The van der Waals surface area contributed by atoms with Crippen LogP contribution in [0.4, 0.5) is 13.2 Å². The Morgan fingerprint density at radius 1 is 1.19 bits per heavy atom. The molecule has 0 saturated heterocycles. The summed E-state index contributed by atoms with van der Waals surface area (Å²) in [5.74, 6) is 1.81. The highest BCUT2D eigenvalue weighted by Gasteiger charge is 2.32. The van der Waals surface area contributed by atoms with Gasteiger partial charge in [-0.3, -0.25) is 5.32 Å². The molecule has 1 aromatic rings. The molecule has 0 aromatic carbocycles. The molecule has 2 fully saturated rings. The third-order valence-electron chi connectivity index (χ3n) is 4.64. The Labute approximate surface area is 157 Å². The molecule has 0 spiro atoms. The normalized spacial score (nSPS) is 19.9. The van der Waals surface area contributed by atoms with E-state index in [1.54, 1.807) is 6.92 Å².